The van der Waals surface area contributed by atoms with Gasteiger partial charge in [-0.3, -0.25) is 10.1 Å². The quantitative estimate of drug-likeness (QED) is 0.760. The van der Waals surface area contributed by atoms with Crippen LogP contribution < -0.4 is 10.6 Å². The Kier molecular flexibility index (Phi) is 4.14. The first-order valence-electron chi connectivity index (χ1n) is 7.25. The Bertz CT molecular complexity index is 744. The summed E-state index contributed by atoms with van der Waals surface area (Å²) in [6, 6.07) is 12.4. The highest BCUT2D eigenvalue weighted by molar-refractivity contribution is 5.96. The number of hydrogen-bond donors (Lipinski definition) is 3. The topological polar surface area (TPSA) is 87.7 Å². The minimum absolute atomic E-state index is 0.0834. The van der Waals surface area contributed by atoms with Crippen molar-refractivity contribution in [2.75, 3.05) is 10.6 Å². The molecule has 0 spiro atoms. The van der Waals surface area contributed by atoms with E-state index in [1.165, 1.54) is 6.07 Å². The predicted molar refractivity (Wildman–Crippen MR) is 85.3 cm³/mol. The van der Waals surface area contributed by atoms with Gasteiger partial charge >= 0.3 is 6.09 Å². The molecule has 0 saturated carbocycles. The van der Waals surface area contributed by atoms with Crippen molar-refractivity contribution in [1.82, 2.24) is 0 Å². The van der Waals surface area contributed by atoms with Gasteiger partial charge in [0.25, 0.3) is 0 Å². The first kappa shape index (κ1) is 14.9. The molecule has 3 N–H and O–H groups in total. The minimum atomic E-state index is -0.649. The Morgan fingerprint density at radius 3 is 2.78 bits per heavy atom. The normalized spacial score (nSPS) is 13.0. The average molecular weight is 312 g/mol. The molecule has 0 unspecified atom stereocenters. The van der Waals surface area contributed by atoms with Crippen LogP contribution in [0.1, 0.15) is 17.5 Å². The molecule has 6 heteroatoms. The summed E-state index contributed by atoms with van der Waals surface area (Å²) >= 11 is 0. The summed E-state index contributed by atoms with van der Waals surface area (Å²) < 4.78 is 5.12. The first-order chi connectivity index (χ1) is 11.1. The fraction of sp³-hybridized carbons (Fsp3) is 0.176. The highest BCUT2D eigenvalue weighted by Crippen LogP contribution is 2.33. The Morgan fingerprint density at radius 1 is 1.22 bits per heavy atom. The molecule has 0 atom stereocenters. The fourth-order valence-corrected chi connectivity index (χ4v) is 2.39. The summed E-state index contributed by atoms with van der Waals surface area (Å²) in [4.78, 5) is 23.2. The van der Waals surface area contributed by atoms with Crippen LogP contribution in [-0.4, -0.2) is 17.1 Å². The van der Waals surface area contributed by atoms with E-state index in [0.29, 0.717) is 18.5 Å². The molecular formula is C17H16N2O4. The zero-order valence-electron chi connectivity index (χ0n) is 12.3. The van der Waals surface area contributed by atoms with Gasteiger partial charge in [0.15, 0.2) is 0 Å². The lowest BCUT2D eigenvalue weighted by molar-refractivity contribution is -0.116. The van der Waals surface area contributed by atoms with Gasteiger partial charge in [0, 0.05) is 18.2 Å². The van der Waals surface area contributed by atoms with E-state index in [0.717, 1.165) is 11.1 Å². The number of hydrogen-bond acceptors (Lipinski definition) is 4. The average Bonchev–Trinajstić information content (AvgIpc) is 2.55. The van der Waals surface area contributed by atoms with Crippen molar-refractivity contribution in [2.45, 2.75) is 19.4 Å². The standard InChI is InChI=1S/C17H16N2O4/c20-15-9-13-12(6-7-16(21)18-13)8-14(15)19-17(22)23-10-11-4-2-1-3-5-11/h1-5,8-9,20H,6-7,10H2,(H,18,21)(H,19,22). The van der Waals surface area contributed by atoms with Crippen LogP contribution in [0.5, 0.6) is 5.75 Å². The maximum atomic E-state index is 11.8. The molecule has 1 aliphatic heterocycles. The molecular weight excluding hydrogens is 296 g/mol. The second-order valence-corrected chi connectivity index (χ2v) is 5.26. The van der Waals surface area contributed by atoms with E-state index >= 15 is 0 Å². The molecule has 0 aliphatic carbocycles. The van der Waals surface area contributed by atoms with Crippen LogP contribution in [0.4, 0.5) is 16.2 Å². The monoisotopic (exact) mass is 312 g/mol. The zero-order valence-corrected chi connectivity index (χ0v) is 12.3. The molecule has 1 aliphatic rings. The molecule has 0 aromatic heterocycles. The van der Waals surface area contributed by atoms with E-state index in [1.54, 1.807) is 6.07 Å². The zero-order chi connectivity index (χ0) is 16.2. The van der Waals surface area contributed by atoms with E-state index in [9.17, 15) is 14.7 Å². The lowest BCUT2D eigenvalue weighted by Gasteiger charge is -2.18. The number of phenolic OH excluding ortho intramolecular Hbond substituents is 1. The van der Waals surface area contributed by atoms with Gasteiger partial charge < -0.3 is 15.2 Å². The molecule has 3 rings (SSSR count). The Hall–Kier alpha value is -3.02. The summed E-state index contributed by atoms with van der Waals surface area (Å²) in [5, 5.41) is 15.2. The molecule has 118 valence electrons. The van der Waals surface area contributed by atoms with Gasteiger partial charge in [0.1, 0.15) is 12.4 Å². The van der Waals surface area contributed by atoms with Gasteiger partial charge in [-0.1, -0.05) is 30.3 Å². The highest BCUT2D eigenvalue weighted by atomic mass is 16.5. The molecule has 2 aromatic carbocycles. The molecule has 1 heterocycles. The van der Waals surface area contributed by atoms with Crippen molar-refractivity contribution in [3.8, 4) is 5.75 Å². The van der Waals surface area contributed by atoms with Gasteiger partial charge in [-0.25, -0.2) is 4.79 Å². The van der Waals surface area contributed by atoms with E-state index in [4.69, 9.17) is 4.74 Å². The summed E-state index contributed by atoms with van der Waals surface area (Å²) in [5.74, 6) is -0.206. The fourth-order valence-electron chi connectivity index (χ4n) is 2.39. The molecule has 0 radical (unpaired) electrons. The third-order valence-corrected chi connectivity index (χ3v) is 3.57. The maximum Gasteiger partial charge on any atom is 0.412 e. The number of benzene rings is 2. The maximum absolute atomic E-state index is 11.8. The molecule has 6 nitrogen and oxygen atoms in total. The van der Waals surface area contributed by atoms with Gasteiger partial charge in [-0.05, 0) is 23.6 Å². The van der Waals surface area contributed by atoms with Crippen molar-refractivity contribution >= 4 is 23.4 Å². The van der Waals surface area contributed by atoms with E-state index < -0.39 is 6.09 Å². The van der Waals surface area contributed by atoms with Gasteiger partial charge in [-0.15, -0.1) is 0 Å². The van der Waals surface area contributed by atoms with Gasteiger partial charge in [0.2, 0.25) is 5.91 Å². The molecule has 0 bridgehead atoms. The van der Waals surface area contributed by atoms with Crippen LogP contribution in [0.3, 0.4) is 0 Å². The summed E-state index contributed by atoms with van der Waals surface area (Å²) in [7, 11) is 0. The number of anilines is 2. The number of ether oxygens (including phenoxy) is 1. The number of rotatable bonds is 3. The second-order valence-electron chi connectivity index (χ2n) is 5.26. The van der Waals surface area contributed by atoms with Crippen LogP contribution in [0.25, 0.3) is 0 Å². The SMILES string of the molecule is O=C1CCc2cc(NC(=O)OCc3ccccc3)c(O)cc2N1. The summed E-state index contributed by atoms with van der Waals surface area (Å²) in [6.07, 6.45) is 0.300. The lowest BCUT2D eigenvalue weighted by Crippen LogP contribution is -2.19. The van der Waals surface area contributed by atoms with E-state index in [-0.39, 0.29) is 24.0 Å². The molecule has 0 saturated heterocycles. The van der Waals surface area contributed by atoms with Crippen LogP contribution in [0, 0.1) is 0 Å². The number of nitrogens with one attached hydrogen (secondary N) is 2. The Labute approximate surface area is 133 Å². The Morgan fingerprint density at radius 2 is 2.00 bits per heavy atom. The Balaban J connectivity index is 1.65. The first-order valence-corrected chi connectivity index (χ1v) is 7.25. The van der Waals surface area contributed by atoms with E-state index in [2.05, 4.69) is 10.6 Å². The summed E-state index contributed by atoms with van der Waals surface area (Å²) in [6.45, 7) is 0.147. The largest absolute Gasteiger partial charge is 0.506 e. The second kappa shape index (κ2) is 6.39. The number of carbonyl (C=O) groups excluding carboxylic acids is 2. The van der Waals surface area contributed by atoms with E-state index in [1.807, 2.05) is 30.3 Å². The van der Waals surface area contributed by atoms with Gasteiger partial charge in [0.05, 0.1) is 5.69 Å². The molecule has 2 amide bonds. The molecule has 0 fully saturated rings. The number of carbonyl (C=O) groups is 2. The number of aromatic hydroxyl groups is 1. The van der Waals surface area contributed by atoms with Crippen LogP contribution in [0.2, 0.25) is 0 Å². The van der Waals surface area contributed by atoms with Crippen LogP contribution in [0.15, 0.2) is 42.5 Å². The number of amides is 2. The summed E-state index contributed by atoms with van der Waals surface area (Å²) in [5.41, 5.74) is 2.57. The third-order valence-electron chi connectivity index (χ3n) is 3.57. The van der Waals surface area contributed by atoms with Crippen molar-refractivity contribution in [3.05, 3.63) is 53.6 Å². The van der Waals surface area contributed by atoms with Crippen molar-refractivity contribution in [1.29, 1.82) is 0 Å². The van der Waals surface area contributed by atoms with Crippen molar-refractivity contribution < 1.29 is 19.4 Å². The smallest absolute Gasteiger partial charge is 0.412 e. The predicted octanol–water partition coefficient (Wildman–Crippen LogP) is 3.03. The highest BCUT2D eigenvalue weighted by Gasteiger charge is 2.18. The molecule has 2 aromatic rings. The number of phenols is 1. The number of aryl methyl sites for hydroxylation is 1. The third kappa shape index (κ3) is 3.60. The molecule has 23 heavy (non-hydrogen) atoms. The lowest BCUT2D eigenvalue weighted by atomic mass is 10.0. The van der Waals surface area contributed by atoms with Crippen LogP contribution >= 0.6 is 0 Å². The van der Waals surface area contributed by atoms with Crippen LogP contribution in [-0.2, 0) is 22.6 Å². The van der Waals surface area contributed by atoms with Crippen molar-refractivity contribution in [3.63, 3.8) is 0 Å². The minimum Gasteiger partial charge on any atom is -0.506 e. The van der Waals surface area contributed by atoms with Gasteiger partial charge in [-0.2, -0.15) is 0 Å². The number of fused-ring (bicyclic) bond motifs is 1. The van der Waals surface area contributed by atoms with Crippen molar-refractivity contribution in [2.24, 2.45) is 0 Å².